The van der Waals surface area contributed by atoms with Crippen LogP contribution in [0, 0.1) is 5.92 Å². The molecule has 0 aliphatic carbocycles. The van der Waals surface area contributed by atoms with E-state index in [0.29, 0.717) is 18.9 Å². The molecule has 7 heteroatoms. The highest BCUT2D eigenvalue weighted by atomic mass is 16.2. The minimum Gasteiger partial charge on any atom is -0.359 e. The van der Waals surface area contributed by atoms with E-state index < -0.39 is 0 Å². The number of piperidine rings is 1. The van der Waals surface area contributed by atoms with Crippen LogP contribution in [0.4, 0.5) is 5.69 Å². The number of amides is 2. The lowest BCUT2D eigenvalue weighted by atomic mass is 9.93. The first kappa shape index (κ1) is 21.7. The van der Waals surface area contributed by atoms with Gasteiger partial charge in [-0.15, -0.1) is 0 Å². The van der Waals surface area contributed by atoms with Crippen molar-refractivity contribution in [1.82, 2.24) is 15.5 Å². The van der Waals surface area contributed by atoms with E-state index in [1.54, 1.807) is 7.05 Å². The van der Waals surface area contributed by atoms with Crippen LogP contribution in [0.2, 0.25) is 0 Å². The summed E-state index contributed by atoms with van der Waals surface area (Å²) in [5.41, 5.74) is 2.01. The smallest absolute Gasteiger partial charge is 0.221 e. The van der Waals surface area contributed by atoms with Crippen LogP contribution in [0.25, 0.3) is 0 Å². The number of carbonyl (C=O) groups excluding carboxylic acids is 2. The molecule has 2 rings (SSSR count). The minimum absolute atomic E-state index is 0.0632. The highest BCUT2D eigenvalue weighted by Crippen LogP contribution is 2.20. The van der Waals surface area contributed by atoms with Gasteiger partial charge >= 0.3 is 0 Å². The van der Waals surface area contributed by atoms with Gasteiger partial charge in [0, 0.05) is 52.3 Å². The summed E-state index contributed by atoms with van der Waals surface area (Å²) in [6.45, 7) is 6.99. The predicted molar refractivity (Wildman–Crippen MR) is 113 cm³/mol. The van der Waals surface area contributed by atoms with E-state index in [9.17, 15) is 9.59 Å². The summed E-state index contributed by atoms with van der Waals surface area (Å²) >= 11 is 0. The van der Waals surface area contributed by atoms with Crippen LogP contribution >= 0.6 is 0 Å². The van der Waals surface area contributed by atoms with Gasteiger partial charge in [-0.3, -0.25) is 14.6 Å². The fourth-order valence-electron chi connectivity index (χ4n) is 3.39. The Balaban J connectivity index is 1.85. The normalized spacial score (nSPS) is 15.2. The number of likely N-dealkylation sites (tertiary alicyclic amines) is 1. The number of nitrogens with one attached hydrogen (secondary N) is 3. The Morgan fingerprint density at radius 1 is 1.18 bits per heavy atom. The minimum atomic E-state index is -0.0632. The summed E-state index contributed by atoms with van der Waals surface area (Å²) in [5, 5.41) is 8.88. The van der Waals surface area contributed by atoms with Crippen molar-refractivity contribution in [2.75, 3.05) is 38.5 Å². The van der Waals surface area contributed by atoms with E-state index in [0.717, 1.165) is 50.5 Å². The molecule has 1 heterocycles. The largest absolute Gasteiger partial charge is 0.359 e. The lowest BCUT2D eigenvalue weighted by molar-refractivity contribution is -0.121. The maximum atomic E-state index is 11.6. The number of hydrogen-bond donors (Lipinski definition) is 3. The van der Waals surface area contributed by atoms with Crippen LogP contribution in [0.1, 0.15) is 38.7 Å². The number of anilines is 1. The first-order chi connectivity index (χ1) is 13.5. The van der Waals surface area contributed by atoms with Gasteiger partial charge in [0.1, 0.15) is 0 Å². The quantitative estimate of drug-likeness (QED) is 0.493. The zero-order valence-corrected chi connectivity index (χ0v) is 17.3. The highest BCUT2D eigenvalue weighted by Gasteiger charge is 2.22. The van der Waals surface area contributed by atoms with Gasteiger partial charge in [-0.05, 0) is 49.8 Å². The van der Waals surface area contributed by atoms with Gasteiger partial charge in [-0.1, -0.05) is 12.1 Å². The maximum Gasteiger partial charge on any atom is 0.221 e. The van der Waals surface area contributed by atoms with E-state index in [1.807, 2.05) is 24.3 Å². The molecule has 0 spiro atoms. The number of benzene rings is 1. The fourth-order valence-corrected chi connectivity index (χ4v) is 3.39. The molecule has 1 aromatic carbocycles. The number of hydrogen-bond acceptors (Lipinski definition) is 3. The number of carbonyl (C=O) groups is 2. The van der Waals surface area contributed by atoms with Crippen molar-refractivity contribution in [1.29, 1.82) is 0 Å². The maximum absolute atomic E-state index is 11.6. The van der Waals surface area contributed by atoms with Crippen molar-refractivity contribution in [2.24, 2.45) is 10.9 Å². The average molecular weight is 388 g/mol. The zero-order valence-electron chi connectivity index (χ0n) is 17.3. The molecule has 154 valence electrons. The van der Waals surface area contributed by atoms with Crippen molar-refractivity contribution >= 4 is 23.5 Å². The summed E-state index contributed by atoms with van der Waals surface area (Å²) < 4.78 is 0. The summed E-state index contributed by atoms with van der Waals surface area (Å²) in [4.78, 5) is 29.7. The summed E-state index contributed by atoms with van der Waals surface area (Å²) in [6.07, 6.45) is 3.50. The van der Waals surface area contributed by atoms with Crippen LogP contribution in [-0.4, -0.2) is 55.9 Å². The zero-order chi connectivity index (χ0) is 20.4. The Morgan fingerprint density at radius 3 is 2.43 bits per heavy atom. The van der Waals surface area contributed by atoms with E-state index in [-0.39, 0.29) is 11.8 Å². The van der Waals surface area contributed by atoms with Gasteiger partial charge in [0.15, 0.2) is 5.96 Å². The van der Waals surface area contributed by atoms with Crippen LogP contribution in [-0.2, 0) is 16.0 Å². The monoisotopic (exact) mass is 387 g/mol. The average Bonchev–Trinajstić information content (AvgIpc) is 2.69. The van der Waals surface area contributed by atoms with Gasteiger partial charge in [0.05, 0.1) is 0 Å². The highest BCUT2D eigenvalue weighted by molar-refractivity contribution is 5.88. The van der Waals surface area contributed by atoms with Crippen LogP contribution in [0.15, 0.2) is 29.3 Å². The van der Waals surface area contributed by atoms with Crippen molar-refractivity contribution < 1.29 is 9.59 Å². The molecule has 1 fully saturated rings. The van der Waals surface area contributed by atoms with Crippen LogP contribution in [0.3, 0.4) is 0 Å². The molecule has 28 heavy (non-hydrogen) atoms. The molecule has 3 N–H and O–H groups in total. The Kier molecular flexibility index (Phi) is 8.78. The number of nitrogens with zero attached hydrogens (tertiary/aromatic N) is 2. The lowest BCUT2D eigenvalue weighted by Gasteiger charge is -2.34. The summed E-state index contributed by atoms with van der Waals surface area (Å²) in [7, 11) is 1.70. The summed E-state index contributed by atoms with van der Waals surface area (Å²) in [5.74, 6) is 1.48. The Hall–Kier alpha value is -2.57. The molecule has 7 nitrogen and oxygen atoms in total. The SMILES string of the molecule is CCNC(=NCCc1ccc(NC(C)=O)cc1)N1CCC(CC(=O)NC)CC1. The molecule has 1 aromatic rings. The summed E-state index contributed by atoms with van der Waals surface area (Å²) in [6, 6.07) is 7.89. The van der Waals surface area contributed by atoms with Crippen LogP contribution < -0.4 is 16.0 Å². The Labute approximate surface area is 168 Å². The van der Waals surface area contributed by atoms with Crippen molar-refractivity contribution in [3.05, 3.63) is 29.8 Å². The molecule has 0 bridgehead atoms. The second-order valence-electron chi connectivity index (χ2n) is 7.17. The third-order valence-corrected chi connectivity index (χ3v) is 4.94. The standard InChI is InChI=1S/C21H33N5O2/c1-4-23-21(26-13-10-18(11-14-26)15-20(28)22-3)24-12-9-17-5-7-19(8-6-17)25-16(2)27/h5-8,18H,4,9-15H2,1-3H3,(H,22,28)(H,23,24)(H,25,27). The second-order valence-corrected chi connectivity index (χ2v) is 7.17. The fraction of sp³-hybridized carbons (Fsp3) is 0.571. The molecular weight excluding hydrogens is 354 g/mol. The predicted octanol–water partition coefficient (Wildman–Crippen LogP) is 2.00. The molecular formula is C21H33N5O2. The van der Waals surface area contributed by atoms with Crippen molar-refractivity contribution in [2.45, 2.75) is 39.5 Å². The van der Waals surface area contributed by atoms with E-state index in [4.69, 9.17) is 4.99 Å². The van der Waals surface area contributed by atoms with Crippen molar-refractivity contribution in [3.63, 3.8) is 0 Å². The van der Waals surface area contributed by atoms with E-state index >= 15 is 0 Å². The first-order valence-corrected chi connectivity index (χ1v) is 10.1. The van der Waals surface area contributed by atoms with Gasteiger partial charge in [0.2, 0.25) is 11.8 Å². The molecule has 0 aromatic heterocycles. The van der Waals surface area contributed by atoms with Gasteiger partial charge in [0.25, 0.3) is 0 Å². The third kappa shape index (κ3) is 7.21. The number of rotatable bonds is 7. The van der Waals surface area contributed by atoms with E-state index in [1.165, 1.54) is 12.5 Å². The molecule has 0 unspecified atom stereocenters. The number of guanidine groups is 1. The Morgan fingerprint density at radius 2 is 1.86 bits per heavy atom. The molecule has 1 aliphatic rings. The molecule has 1 saturated heterocycles. The third-order valence-electron chi connectivity index (χ3n) is 4.94. The molecule has 1 aliphatic heterocycles. The van der Waals surface area contributed by atoms with E-state index in [2.05, 4.69) is 27.8 Å². The molecule has 2 amide bonds. The number of aliphatic imine (C=N–C) groups is 1. The first-order valence-electron chi connectivity index (χ1n) is 10.1. The van der Waals surface area contributed by atoms with Crippen LogP contribution in [0.5, 0.6) is 0 Å². The van der Waals surface area contributed by atoms with Gasteiger partial charge in [-0.25, -0.2) is 0 Å². The van der Waals surface area contributed by atoms with Gasteiger partial charge in [-0.2, -0.15) is 0 Å². The lowest BCUT2D eigenvalue weighted by Crippen LogP contribution is -2.46. The van der Waals surface area contributed by atoms with Gasteiger partial charge < -0.3 is 20.9 Å². The molecule has 0 radical (unpaired) electrons. The second kappa shape index (κ2) is 11.3. The van der Waals surface area contributed by atoms with Crippen molar-refractivity contribution in [3.8, 4) is 0 Å². The topological polar surface area (TPSA) is 85.8 Å². The Bertz CT molecular complexity index is 664. The molecule has 0 saturated carbocycles. The molecule has 0 atom stereocenters.